The van der Waals surface area contributed by atoms with Gasteiger partial charge in [-0.2, -0.15) is 0 Å². The fourth-order valence-corrected chi connectivity index (χ4v) is 3.36. The van der Waals surface area contributed by atoms with Gasteiger partial charge in [0.05, 0.1) is 14.2 Å². The molecule has 1 aromatic carbocycles. The molecule has 1 aliphatic rings. The van der Waals surface area contributed by atoms with Crippen LogP contribution < -0.4 is 15.2 Å². The van der Waals surface area contributed by atoms with E-state index in [1.54, 1.807) is 4.90 Å². The first-order chi connectivity index (χ1) is 12.2. The van der Waals surface area contributed by atoms with Crippen LogP contribution in [0.1, 0.15) is 21.8 Å². The summed E-state index contributed by atoms with van der Waals surface area (Å²) in [6.45, 7) is 1.69. The van der Waals surface area contributed by atoms with Crippen molar-refractivity contribution in [1.29, 1.82) is 0 Å². The fourth-order valence-electron chi connectivity index (χ4n) is 3.36. The minimum Gasteiger partial charge on any atom is -0.480 e. The summed E-state index contributed by atoms with van der Waals surface area (Å²) in [5.41, 5.74) is 7.40. The number of carbonyl (C=O) groups is 1. The van der Waals surface area contributed by atoms with E-state index in [1.165, 1.54) is 26.1 Å². The van der Waals surface area contributed by atoms with Crippen LogP contribution in [0.5, 0.6) is 11.8 Å². The number of carbonyl (C=O) groups excluding carboxylic acids is 1. The van der Waals surface area contributed by atoms with E-state index in [0.29, 0.717) is 19.6 Å². The Hall–Kier alpha value is -2.67. The van der Waals surface area contributed by atoms with Gasteiger partial charge in [-0.1, -0.05) is 30.3 Å². The van der Waals surface area contributed by atoms with Crippen molar-refractivity contribution < 1.29 is 14.3 Å². The van der Waals surface area contributed by atoms with Crippen LogP contribution >= 0.6 is 0 Å². The van der Waals surface area contributed by atoms with Crippen molar-refractivity contribution in [3.8, 4) is 11.8 Å². The maximum absolute atomic E-state index is 13.1. The Morgan fingerprint density at radius 3 is 2.36 bits per heavy atom. The summed E-state index contributed by atoms with van der Waals surface area (Å²) in [7, 11) is 2.94. The third kappa shape index (κ3) is 3.28. The van der Waals surface area contributed by atoms with Gasteiger partial charge in [-0.25, -0.2) is 9.97 Å². The molecule has 132 valence electrons. The van der Waals surface area contributed by atoms with Crippen molar-refractivity contribution in [2.75, 3.05) is 33.9 Å². The Labute approximate surface area is 146 Å². The van der Waals surface area contributed by atoms with Gasteiger partial charge in [0.15, 0.2) is 5.56 Å². The highest BCUT2D eigenvalue weighted by molar-refractivity contribution is 5.98. The summed E-state index contributed by atoms with van der Waals surface area (Å²) in [4.78, 5) is 22.9. The molecule has 0 aliphatic carbocycles. The molecular weight excluding hydrogens is 320 g/mol. The normalized spacial score (nSPS) is 19.7. The van der Waals surface area contributed by atoms with Gasteiger partial charge in [0.25, 0.3) is 5.91 Å². The smallest absolute Gasteiger partial charge is 0.264 e. The van der Waals surface area contributed by atoms with Gasteiger partial charge < -0.3 is 20.1 Å². The molecule has 7 nitrogen and oxygen atoms in total. The van der Waals surface area contributed by atoms with Crippen LogP contribution in [-0.4, -0.2) is 54.6 Å². The van der Waals surface area contributed by atoms with E-state index in [2.05, 4.69) is 22.1 Å². The summed E-state index contributed by atoms with van der Waals surface area (Å²) in [5.74, 6) is 0.629. The van der Waals surface area contributed by atoms with Crippen molar-refractivity contribution in [2.24, 2.45) is 11.7 Å². The second kappa shape index (κ2) is 7.48. The molecule has 3 rings (SSSR count). The number of amides is 1. The van der Waals surface area contributed by atoms with Gasteiger partial charge >= 0.3 is 0 Å². The van der Waals surface area contributed by atoms with Crippen molar-refractivity contribution >= 4 is 5.91 Å². The predicted octanol–water partition coefficient (Wildman–Crippen LogP) is 1.31. The van der Waals surface area contributed by atoms with Crippen LogP contribution in [0.4, 0.5) is 0 Å². The molecule has 2 heterocycles. The molecule has 2 N–H and O–H groups in total. The summed E-state index contributed by atoms with van der Waals surface area (Å²) < 4.78 is 10.5. The standard InChI is InChI=1S/C18H22N4O3/c1-24-16-15(17(25-2)21-11-20-16)18(23)22-9-13(8-19)14(10-22)12-6-4-3-5-7-12/h3-7,11,13-14H,8-10,19H2,1-2H3/t13-,14+/m1/s1. The predicted molar refractivity (Wildman–Crippen MR) is 92.8 cm³/mol. The molecule has 0 radical (unpaired) electrons. The first kappa shape index (κ1) is 17.2. The van der Waals surface area contributed by atoms with Crippen LogP contribution in [0.15, 0.2) is 36.7 Å². The first-order valence-corrected chi connectivity index (χ1v) is 8.16. The molecule has 1 amide bonds. The lowest BCUT2D eigenvalue weighted by Gasteiger charge is -2.18. The number of nitrogens with zero attached hydrogens (tertiary/aromatic N) is 3. The first-order valence-electron chi connectivity index (χ1n) is 8.16. The Balaban J connectivity index is 1.89. The maximum atomic E-state index is 13.1. The maximum Gasteiger partial charge on any atom is 0.264 e. The second-order valence-corrected chi connectivity index (χ2v) is 5.99. The average Bonchev–Trinajstić information content (AvgIpc) is 3.11. The number of hydrogen-bond acceptors (Lipinski definition) is 6. The zero-order valence-corrected chi connectivity index (χ0v) is 14.4. The third-order valence-electron chi connectivity index (χ3n) is 4.64. The summed E-state index contributed by atoms with van der Waals surface area (Å²) >= 11 is 0. The van der Waals surface area contributed by atoms with E-state index in [-0.39, 0.29) is 35.1 Å². The largest absolute Gasteiger partial charge is 0.480 e. The average molecular weight is 342 g/mol. The molecule has 0 unspecified atom stereocenters. The Morgan fingerprint density at radius 2 is 1.80 bits per heavy atom. The number of methoxy groups -OCH3 is 2. The molecule has 2 atom stereocenters. The highest BCUT2D eigenvalue weighted by atomic mass is 16.5. The van der Waals surface area contributed by atoms with Crippen LogP contribution in [-0.2, 0) is 0 Å². The molecule has 0 spiro atoms. The lowest BCUT2D eigenvalue weighted by molar-refractivity contribution is 0.0777. The van der Waals surface area contributed by atoms with Crippen molar-refractivity contribution in [3.63, 3.8) is 0 Å². The molecule has 1 aliphatic heterocycles. The monoisotopic (exact) mass is 342 g/mol. The lowest BCUT2D eigenvalue weighted by Crippen LogP contribution is -2.30. The lowest BCUT2D eigenvalue weighted by atomic mass is 9.89. The minimum atomic E-state index is -0.203. The molecule has 1 aromatic heterocycles. The van der Waals surface area contributed by atoms with Crippen molar-refractivity contribution in [2.45, 2.75) is 5.92 Å². The van der Waals surface area contributed by atoms with Crippen molar-refractivity contribution in [1.82, 2.24) is 14.9 Å². The highest BCUT2D eigenvalue weighted by Gasteiger charge is 2.37. The summed E-state index contributed by atoms with van der Waals surface area (Å²) in [5, 5.41) is 0. The quantitative estimate of drug-likeness (QED) is 0.881. The fraction of sp³-hybridized carbons (Fsp3) is 0.389. The molecular formula is C18H22N4O3. The number of benzene rings is 1. The van der Waals surface area contributed by atoms with E-state index in [1.807, 2.05) is 18.2 Å². The number of rotatable bonds is 5. The molecule has 2 aromatic rings. The number of nitrogens with two attached hydrogens (primary N) is 1. The van der Waals surface area contributed by atoms with Gasteiger partial charge in [0.1, 0.15) is 6.33 Å². The summed E-state index contributed by atoms with van der Waals surface area (Å²) in [6, 6.07) is 10.1. The zero-order valence-electron chi connectivity index (χ0n) is 14.4. The molecule has 1 fully saturated rings. The summed E-state index contributed by atoms with van der Waals surface area (Å²) in [6.07, 6.45) is 1.31. The number of likely N-dealkylation sites (tertiary alicyclic amines) is 1. The Kier molecular flexibility index (Phi) is 5.14. The minimum absolute atomic E-state index is 0.202. The van der Waals surface area contributed by atoms with Crippen LogP contribution in [0.3, 0.4) is 0 Å². The third-order valence-corrected chi connectivity index (χ3v) is 4.64. The molecule has 7 heteroatoms. The molecule has 0 bridgehead atoms. The SMILES string of the molecule is COc1ncnc(OC)c1C(=O)N1C[C@@H](CN)[C@H](c2ccccc2)C1. The van der Waals surface area contributed by atoms with E-state index in [9.17, 15) is 4.79 Å². The zero-order chi connectivity index (χ0) is 17.8. The molecule has 0 saturated carbocycles. The van der Waals surface area contributed by atoms with E-state index in [0.717, 1.165) is 0 Å². The topological polar surface area (TPSA) is 90.6 Å². The van der Waals surface area contributed by atoms with E-state index >= 15 is 0 Å². The Bertz CT molecular complexity index is 716. The van der Waals surface area contributed by atoms with Crippen LogP contribution in [0, 0.1) is 5.92 Å². The van der Waals surface area contributed by atoms with Gasteiger partial charge in [-0.15, -0.1) is 0 Å². The van der Waals surface area contributed by atoms with Gasteiger partial charge in [0.2, 0.25) is 11.8 Å². The number of ether oxygens (including phenoxy) is 2. The second-order valence-electron chi connectivity index (χ2n) is 5.99. The van der Waals surface area contributed by atoms with Gasteiger partial charge in [0, 0.05) is 19.0 Å². The van der Waals surface area contributed by atoms with Crippen molar-refractivity contribution in [3.05, 3.63) is 47.8 Å². The van der Waals surface area contributed by atoms with Gasteiger partial charge in [-0.05, 0) is 18.0 Å². The molecule has 1 saturated heterocycles. The van der Waals surface area contributed by atoms with Crippen LogP contribution in [0.2, 0.25) is 0 Å². The van der Waals surface area contributed by atoms with E-state index in [4.69, 9.17) is 15.2 Å². The van der Waals surface area contributed by atoms with Gasteiger partial charge in [-0.3, -0.25) is 4.79 Å². The number of aromatic nitrogens is 2. The highest BCUT2D eigenvalue weighted by Crippen LogP contribution is 2.34. The Morgan fingerprint density at radius 1 is 1.16 bits per heavy atom. The van der Waals surface area contributed by atoms with Crippen LogP contribution in [0.25, 0.3) is 0 Å². The van der Waals surface area contributed by atoms with E-state index < -0.39 is 0 Å². The molecule has 25 heavy (non-hydrogen) atoms. The number of hydrogen-bond donors (Lipinski definition) is 1.